The monoisotopic (exact) mass is 752 g/mol. The smallest absolute Gasteiger partial charge is 0.235 e. The second-order valence-corrected chi connectivity index (χ2v) is 15.2. The highest BCUT2D eigenvalue weighted by Crippen LogP contribution is 2.41. The third-order valence-electron chi connectivity index (χ3n) is 12.0. The van der Waals surface area contributed by atoms with Gasteiger partial charge in [0.1, 0.15) is 5.65 Å². The van der Waals surface area contributed by atoms with Crippen molar-refractivity contribution < 1.29 is 0 Å². The number of nitrogens with zero attached hydrogens (tertiary/aromatic N) is 6. The average Bonchev–Trinajstić information content (AvgIpc) is 3.97. The molecule has 0 saturated carbocycles. The number of hydrogen-bond donors (Lipinski definition) is 0. The van der Waals surface area contributed by atoms with Gasteiger partial charge in [0.05, 0.1) is 55.2 Å². The lowest BCUT2D eigenvalue weighted by Crippen LogP contribution is -2.05. The normalized spacial score (nSPS) is 12.1. The molecule has 0 fully saturated rings. The summed E-state index contributed by atoms with van der Waals surface area (Å²) in [6.07, 6.45) is 0. The van der Waals surface area contributed by atoms with Crippen LogP contribution in [-0.2, 0) is 0 Å². The molecule has 0 aliphatic rings. The molecule has 0 aliphatic heterocycles. The van der Waals surface area contributed by atoms with Crippen LogP contribution in [0, 0.1) is 0 Å². The van der Waals surface area contributed by atoms with Crippen molar-refractivity contribution in [3.05, 3.63) is 194 Å². The zero-order valence-corrected chi connectivity index (χ0v) is 31.7. The zero-order valence-electron chi connectivity index (χ0n) is 31.7. The molecule has 0 spiro atoms. The molecule has 0 aliphatic carbocycles. The molecule has 5 heterocycles. The van der Waals surface area contributed by atoms with E-state index in [9.17, 15) is 0 Å². The summed E-state index contributed by atoms with van der Waals surface area (Å²) in [5, 5.41) is 6.74. The highest BCUT2D eigenvalue weighted by molar-refractivity contribution is 6.17. The first kappa shape index (κ1) is 32.0. The van der Waals surface area contributed by atoms with Crippen LogP contribution < -0.4 is 0 Å². The molecule has 0 saturated heterocycles. The van der Waals surface area contributed by atoms with Crippen LogP contribution in [0.4, 0.5) is 0 Å². The minimum absolute atomic E-state index is 0.621. The van der Waals surface area contributed by atoms with E-state index >= 15 is 0 Å². The molecule has 8 aromatic carbocycles. The van der Waals surface area contributed by atoms with E-state index in [0.29, 0.717) is 5.95 Å². The van der Waals surface area contributed by atoms with Crippen molar-refractivity contribution in [2.24, 2.45) is 0 Å². The van der Waals surface area contributed by atoms with Gasteiger partial charge >= 0.3 is 0 Å². The number of aromatic nitrogens is 6. The van der Waals surface area contributed by atoms with Gasteiger partial charge in [-0.25, -0.2) is 15.0 Å². The van der Waals surface area contributed by atoms with E-state index in [0.717, 1.165) is 82.8 Å². The van der Waals surface area contributed by atoms with E-state index in [1.807, 2.05) is 12.1 Å². The fourth-order valence-corrected chi connectivity index (χ4v) is 9.44. The fourth-order valence-electron chi connectivity index (χ4n) is 9.44. The summed E-state index contributed by atoms with van der Waals surface area (Å²) in [6, 6.07) is 68.9. The van der Waals surface area contributed by atoms with Gasteiger partial charge < -0.3 is 4.57 Å². The van der Waals surface area contributed by atoms with E-state index in [4.69, 9.17) is 15.0 Å². The topological polar surface area (TPSA) is 52.9 Å². The second kappa shape index (κ2) is 12.2. The number of rotatable bonds is 4. The lowest BCUT2D eigenvalue weighted by molar-refractivity contribution is 1.01. The number of hydrogen-bond acceptors (Lipinski definition) is 3. The minimum Gasteiger partial charge on any atom is -0.309 e. The van der Waals surface area contributed by atoms with E-state index in [1.165, 1.54) is 27.4 Å². The summed E-state index contributed by atoms with van der Waals surface area (Å²) in [5.74, 6) is 0.621. The number of fused-ring (bicyclic) bond motifs is 14. The van der Waals surface area contributed by atoms with E-state index in [2.05, 4.69) is 196 Å². The summed E-state index contributed by atoms with van der Waals surface area (Å²) in [5.41, 5.74) is 14.6. The van der Waals surface area contributed by atoms with Gasteiger partial charge in [0.15, 0.2) is 0 Å². The van der Waals surface area contributed by atoms with Crippen molar-refractivity contribution in [2.45, 2.75) is 0 Å². The third kappa shape index (κ3) is 4.59. The molecule has 274 valence electrons. The maximum Gasteiger partial charge on any atom is 0.235 e. The SMILES string of the molecule is c1ccc(-c2nc(-n3c4ccccc4c4cc(-c5ccc6c(c5)c5ccccc5n6-c5ccccc5)ccc43)nc3c4ccccc4n4c5ccccc5nc4c23)cc1. The molecular weight excluding hydrogens is 721 g/mol. The molecule has 0 radical (unpaired) electrons. The molecule has 0 atom stereocenters. The van der Waals surface area contributed by atoms with Gasteiger partial charge in [-0.15, -0.1) is 0 Å². The zero-order chi connectivity index (χ0) is 38.6. The molecule has 0 N–H and O–H groups in total. The van der Waals surface area contributed by atoms with Gasteiger partial charge in [-0.05, 0) is 77.9 Å². The second-order valence-electron chi connectivity index (χ2n) is 15.2. The largest absolute Gasteiger partial charge is 0.309 e. The van der Waals surface area contributed by atoms with Crippen molar-refractivity contribution in [3.8, 4) is 34.0 Å². The van der Waals surface area contributed by atoms with Crippen molar-refractivity contribution in [1.29, 1.82) is 0 Å². The van der Waals surface area contributed by atoms with Crippen LogP contribution in [0.25, 0.3) is 116 Å². The molecule has 0 unspecified atom stereocenters. The number of pyridine rings is 1. The first-order valence-corrected chi connectivity index (χ1v) is 20.0. The van der Waals surface area contributed by atoms with Gasteiger partial charge in [0.25, 0.3) is 0 Å². The molecule has 13 aromatic rings. The predicted molar refractivity (Wildman–Crippen MR) is 243 cm³/mol. The first-order chi connectivity index (χ1) is 29.3. The highest BCUT2D eigenvalue weighted by Gasteiger charge is 2.23. The third-order valence-corrected chi connectivity index (χ3v) is 12.0. The van der Waals surface area contributed by atoms with Gasteiger partial charge in [-0.2, -0.15) is 0 Å². The average molecular weight is 753 g/mol. The van der Waals surface area contributed by atoms with Gasteiger partial charge in [-0.3, -0.25) is 8.97 Å². The Labute approximate surface area is 337 Å². The van der Waals surface area contributed by atoms with Crippen LogP contribution in [-0.4, -0.2) is 28.5 Å². The quantitative estimate of drug-likeness (QED) is 0.168. The van der Waals surface area contributed by atoms with Crippen LogP contribution in [0.1, 0.15) is 0 Å². The van der Waals surface area contributed by atoms with Gasteiger partial charge in [0, 0.05) is 38.2 Å². The summed E-state index contributed by atoms with van der Waals surface area (Å²) in [6.45, 7) is 0. The summed E-state index contributed by atoms with van der Waals surface area (Å²) in [4.78, 5) is 16.3. The van der Waals surface area contributed by atoms with Gasteiger partial charge in [-0.1, -0.05) is 127 Å². The molecular formula is C53H32N6. The van der Waals surface area contributed by atoms with Crippen molar-refractivity contribution in [2.75, 3.05) is 0 Å². The Morgan fingerprint density at radius 3 is 1.56 bits per heavy atom. The maximum absolute atomic E-state index is 5.52. The molecule has 13 rings (SSSR count). The minimum atomic E-state index is 0.621. The summed E-state index contributed by atoms with van der Waals surface area (Å²) < 4.78 is 6.86. The first-order valence-electron chi connectivity index (χ1n) is 20.0. The molecule has 5 aromatic heterocycles. The van der Waals surface area contributed by atoms with E-state index < -0.39 is 0 Å². The molecule has 6 nitrogen and oxygen atoms in total. The molecule has 0 amide bonds. The Hall–Kier alpha value is -8.09. The van der Waals surface area contributed by atoms with Crippen molar-refractivity contribution >= 4 is 82.1 Å². The summed E-state index contributed by atoms with van der Waals surface area (Å²) >= 11 is 0. The van der Waals surface area contributed by atoms with E-state index in [-0.39, 0.29) is 0 Å². The highest BCUT2D eigenvalue weighted by atomic mass is 15.2. The van der Waals surface area contributed by atoms with Crippen molar-refractivity contribution in [1.82, 2.24) is 28.5 Å². The van der Waals surface area contributed by atoms with Crippen LogP contribution in [0.3, 0.4) is 0 Å². The molecule has 59 heavy (non-hydrogen) atoms. The Bertz CT molecular complexity index is 3840. The maximum atomic E-state index is 5.52. The van der Waals surface area contributed by atoms with Crippen molar-refractivity contribution in [3.63, 3.8) is 0 Å². The Balaban J connectivity index is 1.07. The lowest BCUT2D eigenvalue weighted by Gasteiger charge is -2.15. The van der Waals surface area contributed by atoms with Crippen LogP contribution >= 0.6 is 0 Å². The Morgan fingerprint density at radius 1 is 0.339 bits per heavy atom. The fraction of sp³-hybridized carbons (Fsp3) is 0. The van der Waals surface area contributed by atoms with Crippen LogP contribution in [0.2, 0.25) is 0 Å². The predicted octanol–water partition coefficient (Wildman–Crippen LogP) is 13.1. The van der Waals surface area contributed by atoms with Crippen LogP contribution in [0.5, 0.6) is 0 Å². The lowest BCUT2D eigenvalue weighted by atomic mass is 10.0. The number of para-hydroxylation sites is 6. The Morgan fingerprint density at radius 2 is 0.864 bits per heavy atom. The number of benzene rings is 8. The molecule has 0 bridgehead atoms. The summed E-state index contributed by atoms with van der Waals surface area (Å²) in [7, 11) is 0. The van der Waals surface area contributed by atoms with Gasteiger partial charge in [0.2, 0.25) is 5.95 Å². The Kier molecular flexibility index (Phi) is 6.63. The van der Waals surface area contributed by atoms with Crippen LogP contribution in [0.15, 0.2) is 194 Å². The number of imidazole rings is 1. The molecule has 6 heteroatoms. The van der Waals surface area contributed by atoms with E-state index in [1.54, 1.807) is 0 Å². The standard InChI is InChI=1S/C53H32N6/c1-3-15-33(16-4-1)50-49-51(39-21-9-13-25-45(39)58-48-26-14-10-22-42(48)54-52(49)58)56-53(55-50)59-44-24-12-8-20-38(44)41-32-35(28-30-47(41)59)34-27-29-46-40(31-34)37-19-7-11-23-43(37)57(46)36-17-5-2-6-18-36/h1-32H.